The van der Waals surface area contributed by atoms with Crippen molar-refractivity contribution in [2.45, 2.75) is 25.0 Å². The summed E-state index contributed by atoms with van der Waals surface area (Å²) in [7, 11) is 1.76. The van der Waals surface area contributed by atoms with Crippen molar-refractivity contribution in [2.75, 3.05) is 20.3 Å². The normalized spacial score (nSPS) is 16.2. The number of aromatic nitrogens is 3. The van der Waals surface area contributed by atoms with Gasteiger partial charge in [0.25, 0.3) is 0 Å². The summed E-state index contributed by atoms with van der Waals surface area (Å²) in [6, 6.07) is 17.8. The third-order valence-electron chi connectivity index (χ3n) is 5.90. The molecule has 0 atom stereocenters. The Morgan fingerprint density at radius 2 is 2.00 bits per heavy atom. The van der Waals surface area contributed by atoms with Crippen LogP contribution in [0, 0.1) is 0 Å². The molecule has 1 aliphatic heterocycles. The SMILES string of the molecule is COC1(c2cccc(OCc3ccc4c(ccc5n[nH]c(=O)n54)c3)c2)CCOCC1. The molecule has 0 radical (unpaired) electrons. The molecular formula is C23H23N3O4. The van der Waals surface area contributed by atoms with E-state index >= 15 is 0 Å². The van der Waals surface area contributed by atoms with E-state index in [-0.39, 0.29) is 11.3 Å². The van der Waals surface area contributed by atoms with Crippen molar-refractivity contribution in [2.24, 2.45) is 0 Å². The first-order valence-corrected chi connectivity index (χ1v) is 10.0. The van der Waals surface area contributed by atoms with Gasteiger partial charge in [0.05, 0.1) is 11.1 Å². The van der Waals surface area contributed by atoms with Crippen LogP contribution in [0.4, 0.5) is 0 Å². The predicted octanol–water partition coefficient (Wildman–Crippen LogP) is 3.41. The van der Waals surface area contributed by atoms with Crippen LogP contribution in [0.5, 0.6) is 5.75 Å². The van der Waals surface area contributed by atoms with Gasteiger partial charge in [-0.1, -0.05) is 18.2 Å². The average Bonchev–Trinajstić information content (AvgIpc) is 3.19. The lowest BCUT2D eigenvalue weighted by atomic mass is 9.86. The van der Waals surface area contributed by atoms with E-state index in [2.05, 4.69) is 22.3 Å². The van der Waals surface area contributed by atoms with Gasteiger partial charge in [0.2, 0.25) is 0 Å². The molecule has 3 heterocycles. The molecule has 0 spiro atoms. The topological polar surface area (TPSA) is 77.9 Å². The highest BCUT2D eigenvalue weighted by molar-refractivity contribution is 5.82. The second-order valence-electron chi connectivity index (χ2n) is 7.58. The lowest BCUT2D eigenvalue weighted by Crippen LogP contribution is -2.35. The number of nitrogens with one attached hydrogen (secondary N) is 1. The number of H-pyrrole nitrogens is 1. The van der Waals surface area contributed by atoms with Gasteiger partial charge in [-0.05, 0) is 52.9 Å². The maximum absolute atomic E-state index is 12.0. The van der Waals surface area contributed by atoms with E-state index in [1.54, 1.807) is 11.5 Å². The first-order chi connectivity index (χ1) is 14.7. The molecular weight excluding hydrogens is 382 g/mol. The molecule has 1 aliphatic rings. The van der Waals surface area contributed by atoms with Gasteiger partial charge in [0, 0.05) is 33.2 Å². The molecule has 1 saturated heterocycles. The van der Waals surface area contributed by atoms with Crippen LogP contribution in [0.25, 0.3) is 16.6 Å². The molecule has 5 rings (SSSR count). The van der Waals surface area contributed by atoms with Crippen molar-refractivity contribution >= 4 is 16.6 Å². The minimum atomic E-state index is -0.316. The van der Waals surface area contributed by atoms with Crippen LogP contribution in [0.2, 0.25) is 0 Å². The molecule has 0 unspecified atom stereocenters. The van der Waals surface area contributed by atoms with Gasteiger partial charge in [-0.15, -0.1) is 0 Å². The third kappa shape index (κ3) is 3.26. The number of rotatable bonds is 5. The quantitative estimate of drug-likeness (QED) is 0.551. The maximum atomic E-state index is 12.0. The van der Waals surface area contributed by atoms with Crippen molar-refractivity contribution in [3.8, 4) is 5.75 Å². The van der Waals surface area contributed by atoms with Crippen LogP contribution < -0.4 is 10.4 Å². The van der Waals surface area contributed by atoms with E-state index in [0.29, 0.717) is 25.5 Å². The first-order valence-electron chi connectivity index (χ1n) is 10.0. The van der Waals surface area contributed by atoms with Crippen LogP contribution in [-0.2, 0) is 21.7 Å². The fourth-order valence-electron chi connectivity index (χ4n) is 4.20. The van der Waals surface area contributed by atoms with Gasteiger partial charge in [-0.2, -0.15) is 5.10 Å². The van der Waals surface area contributed by atoms with E-state index in [9.17, 15) is 4.79 Å². The highest BCUT2D eigenvalue weighted by Gasteiger charge is 2.34. The fraction of sp³-hybridized carbons (Fsp3) is 0.304. The molecule has 1 fully saturated rings. The summed E-state index contributed by atoms with van der Waals surface area (Å²) in [6.07, 6.45) is 1.67. The van der Waals surface area contributed by atoms with Gasteiger partial charge in [0.15, 0.2) is 5.65 Å². The Bertz CT molecular complexity index is 1250. The number of benzene rings is 2. The number of methoxy groups -OCH3 is 1. The van der Waals surface area contributed by atoms with Crippen LogP contribution in [-0.4, -0.2) is 34.9 Å². The Balaban J connectivity index is 1.38. The number of fused-ring (bicyclic) bond motifs is 3. The number of pyridine rings is 1. The Labute approximate surface area is 173 Å². The molecule has 30 heavy (non-hydrogen) atoms. The Kier molecular flexibility index (Phi) is 4.77. The maximum Gasteiger partial charge on any atom is 0.348 e. The molecule has 7 nitrogen and oxygen atoms in total. The molecule has 154 valence electrons. The highest BCUT2D eigenvalue weighted by atomic mass is 16.5. The van der Waals surface area contributed by atoms with Crippen molar-refractivity contribution < 1.29 is 14.2 Å². The summed E-state index contributed by atoms with van der Waals surface area (Å²) >= 11 is 0. The standard InChI is InChI=1S/C23H23N3O4/c1-28-23(9-11-29-12-10-23)18-3-2-4-19(14-18)30-15-16-5-7-20-17(13-16)6-8-21-24-25-22(27)26(20)21/h2-8,13-14H,9-12,15H2,1H3,(H,25,27). The molecule has 7 heteroatoms. The average molecular weight is 405 g/mol. The van der Waals surface area contributed by atoms with Crippen molar-refractivity contribution in [3.05, 3.63) is 76.2 Å². The predicted molar refractivity (Wildman–Crippen MR) is 113 cm³/mol. The minimum Gasteiger partial charge on any atom is -0.489 e. The van der Waals surface area contributed by atoms with E-state index < -0.39 is 0 Å². The zero-order chi connectivity index (χ0) is 20.6. The van der Waals surface area contributed by atoms with E-state index in [1.807, 2.05) is 42.5 Å². The van der Waals surface area contributed by atoms with Crippen LogP contribution in [0.15, 0.2) is 59.4 Å². The molecule has 1 N–H and O–H groups in total. The number of hydrogen-bond donors (Lipinski definition) is 1. The first kappa shape index (κ1) is 18.8. The summed E-state index contributed by atoms with van der Waals surface area (Å²) in [5, 5.41) is 7.45. The van der Waals surface area contributed by atoms with E-state index in [0.717, 1.165) is 40.6 Å². The molecule has 0 bridgehead atoms. The Morgan fingerprint density at radius 1 is 1.13 bits per heavy atom. The summed E-state index contributed by atoms with van der Waals surface area (Å²) in [4.78, 5) is 12.0. The molecule has 0 saturated carbocycles. The third-order valence-corrected chi connectivity index (χ3v) is 5.90. The minimum absolute atomic E-state index is 0.239. The van der Waals surface area contributed by atoms with Crippen molar-refractivity contribution in [3.63, 3.8) is 0 Å². The molecule has 2 aromatic carbocycles. The lowest BCUT2D eigenvalue weighted by Gasteiger charge is -2.36. The molecule has 0 aliphatic carbocycles. The van der Waals surface area contributed by atoms with Crippen LogP contribution in [0.3, 0.4) is 0 Å². The number of aromatic amines is 1. The Hall–Kier alpha value is -3.16. The monoisotopic (exact) mass is 405 g/mol. The molecule has 0 amide bonds. The lowest BCUT2D eigenvalue weighted by molar-refractivity contribution is -0.0948. The number of nitrogens with zero attached hydrogens (tertiary/aromatic N) is 2. The zero-order valence-electron chi connectivity index (χ0n) is 16.8. The fourth-order valence-corrected chi connectivity index (χ4v) is 4.20. The second kappa shape index (κ2) is 7.59. The smallest absolute Gasteiger partial charge is 0.348 e. The van der Waals surface area contributed by atoms with Gasteiger partial charge in [-0.25, -0.2) is 14.3 Å². The van der Waals surface area contributed by atoms with Gasteiger partial charge >= 0.3 is 5.69 Å². The number of hydrogen-bond acceptors (Lipinski definition) is 5. The van der Waals surface area contributed by atoms with Gasteiger partial charge in [-0.3, -0.25) is 0 Å². The Morgan fingerprint density at radius 3 is 2.83 bits per heavy atom. The van der Waals surface area contributed by atoms with Crippen molar-refractivity contribution in [1.29, 1.82) is 0 Å². The summed E-state index contributed by atoms with van der Waals surface area (Å²) in [5.74, 6) is 0.803. The second-order valence-corrected chi connectivity index (χ2v) is 7.58. The summed E-state index contributed by atoms with van der Waals surface area (Å²) in [6.45, 7) is 1.83. The summed E-state index contributed by atoms with van der Waals surface area (Å²) < 4.78 is 19.1. The number of ether oxygens (including phenoxy) is 3. The van der Waals surface area contributed by atoms with Gasteiger partial charge < -0.3 is 14.2 Å². The largest absolute Gasteiger partial charge is 0.489 e. The van der Waals surface area contributed by atoms with Crippen molar-refractivity contribution in [1.82, 2.24) is 14.6 Å². The van der Waals surface area contributed by atoms with Crippen LogP contribution >= 0.6 is 0 Å². The molecule has 4 aromatic rings. The zero-order valence-corrected chi connectivity index (χ0v) is 16.8. The van der Waals surface area contributed by atoms with E-state index in [4.69, 9.17) is 14.2 Å². The highest BCUT2D eigenvalue weighted by Crippen LogP contribution is 2.36. The van der Waals surface area contributed by atoms with E-state index in [1.165, 1.54) is 0 Å². The summed E-state index contributed by atoms with van der Waals surface area (Å²) in [5.41, 5.74) is 3.01. The molecule has 2 aromatic heterocycles. The van der Waals surface area contributed by atoms with Crippen LogP contribution in [0.1, 0.15) is 24.0 Å². The van der Waals surface area contributed by atoms with Gasteiger partial charge in [0.1, 0.15) is 12.4 Å².